The average Bonchev–Trinajstić information content (AvgIpc) is 2.91. The largest absolute Gasteiger partial charge is 0.295 e. The second-order valence-electron chi connectivity index (χ2n) is 6.26. The van der Waals surface area contributed by atoms with Crippen molar-refractivity contribution < 1.29 is 8.42 Å². The van der Waals surface area contributed by atoms with Gasteiger partial charge >= 0.3 is 0 Å². The molecule has 1 aromatic heterocycles. The number of sulfonamides is 1. The van der Waals surface area contributed by atoms with Gasteiger partial charge in [-0.2, -0.15) is 4.31 Å². The molecule has 118 valence electrons. The summed E-state index contributed by atoms with van der Waals surface area (Å²) in [7, 11) is -3.13. The predicted octanol–water partition coefficient (Wildman–Crippen LogP) is 1.92. The van der Waals surface area contributed by atoms with Gasteiger partial charge in [-0.15, -0.1) is 11.3 Å². The summed E-state index contributed by atoms with van der Waals surface area (Å²) in [6.07, 6.45) is 8.38. The molecule has 1 aromatic rings. The fraction of sp³-hybridized carbons (Fsp3) is 0.786. The molecule has 2 aliphatic rings. The molecule has 5 nitrogen and oxygen atoms in total. The van der Waals surface area contributed by atoms with Crippen molar-refractivity contribution in [2.45, 2.75) is 44.2 Å². The molecule has 2 fully saturated rings. The van der Waals surface area contributed by atoms with Crippen LogP contribution in [0.1, 0.15) is 37.1 Å². The molecule has 0 radical (unpaired) electrons. The van der Waals surface area contributed by atoms with E-state index in [0.717, 1.165) is 56.7 Å². The number of aromatic nitrogens is 1. The summed E-state index contributed by atoms with van der Waals surface area (Å²) >= 11 is 1.67. The van der Waals surface area contributed by atoms with E-state index in [1.165, 1.54) is 6.26 Å². The normalized spacial score (nSPS) is 29.0. The minimum absolute atomic E-state index is 0.179. The van der Waals surface area contributed by atoms with E-state index in [1.54, 1.807) is 15.6 Å². The van der Waals surface area contributed by atoms with E-state index in [4.69, 9.17) is 0 Å². The Hall–Kier alpha value is -0.500. The van der Waals surface area contributed by atoms with Gasteiger partial charge < -0.3 is 0 Å². The maximum Gasteiger partial charge on any atom is 0.211 e. The summed E-state index contributed by atoms with van der Waals surface area (Å²) in [5.74, 6) is 0. The van der Waals surface area contributed by atoms with Gasteiger partial charge in [0.15, 0.2) is 0 Å². The fourth-order valence-electron chi connectivity index (χ4n) is 3.86. The lowest BCUT2D eigenvalue weighted by atomic mass is 9.81. The Morgan fingerprint density at radius 2 is 2.10 bits per heavy atom. The van der Waals surface area contributed by atoms with Crippen LogP contribution >= 0.6 is 11.3 Å². The number of hydrogen-bond donors (Lipinski definition) is 0. The van der Waals surface area contributed by atoms with Gasteiger partial charge in [0.2, 0.25) is 10.0 Å². The van der Waals surface area contributed by atoms with Gasteiger partial charge in [-0.3, -0.25) is 4.90 Å². The van der Waals surface area contributed by atoms with Crippen molar-refractivity contribution in [2.75, 3.05) is 25.9 Å². The molecular weight excluding hydrogens is 306 g/mol. The maximum absolute atomic E-state index is 12.2. The Labute approximate surface area is 131 Å². The highest BCUT2D eigenvalue weighted by Crippen LogP contribution is 2.38. The summed E-state index contributed by atoms with van der Waals surface area (Å²) in [6.45, 7) is 3.42. The minimum Gasteiger partial charge on any atom is -0.295 e. The lowest BCUT2D eigenvalue weighted by Gasteiger charge is -2.50. The fourth-order valence-corrected chi connectivity index (χ4v) is 5.92. The van der Waals surface area contributed by atoms with Gasteiger partial charge in [0.05, 0.1) is 12.8 Å². The molecule has 0 saturated carbocycles. The molecule has 1 atom stereocenters. The summed E-state index contributed by atoms with van der Waals surface area (Å²) in [5, 5.41) is 3.12. The summed E-state index contributed by atoms with van der Waals surface area (Å²) < 4.78 is 26.2. The first kappa shape index (κ1) is 15.4. The standard InChI is InChI=1S/C14H23N3O2S2/c1-21(18,19)17-9-3-2-5-14(17)6-4-8-16(12-14)11-13-15-7-10-20-13/h7,10H,2-6,8-9,11-12H2,1H3. The topological polar surface area (TPSA) is 53.5 Å². The Morgan fingerprint density at radius 3 is 2.81 bits per heavy atom. The molecule has 0 aromatic carbocycles. The van der Waals surface area contributed by atoms with Gasteiger partial charge in [-0.1, -0.05) is 6.42 Å². The summed E-state index contributed by atoms with van der Waals surface area (Å²) in [4.78, 5) is 6.74. The maximum atomic E-state index is 12.2. The molecule has 21 heavy (non-hydrogen) atoms. The Balaban J connectivity index is 1.79. The average molecular weight is 329 g/mol. The molecule has 1 spiro atoms. The highest BCUT2D eigenvalue weighted by Gasteiger charge is 2.46. The first-order valence-corrected chi connectivity index (χ1v) is 10.3. The Morgan fingerprint density at radius 1 is 1.29 bits per heavy atom. The van der Waals surface area contributed by atoms with E-state index < -0.39 is 10.0 Å². The van der Waals surface area contributed by atoms with Crippen molar-refractivity contribution in [3.63, 3.8) is 0 Å². The van der Waals surface area contributed by atoms with Crippen LogP contribution < -0.4 is 0 Å². The van der Waals surface area contributed by atoms with Crippen LogP contribution in [-0.4, -0.2) is 54.0 Å². The lowest BCUT2D eigenvalue weighted by Crippen LogP contribution is -2.61. The van der Waals surface area contributed by atoms with Crippen LogP contribution in [0.25, 0.3) is 0 Å². The molecule has 3 heterocycles. The van der Waals surface area contributed by atoms with E-state index in [2.05, 4.69) is 9.88 Å². The molecule has 2 aliphatic heterocycles. The molecule has 7 heteroatoms. The van der Waals surface area contributed by atoms with Crippen LogP contribution in [-0.2, 0) is 16.6 Å². The minimum atomic E-state index is -3.13. The third-order valence-corrected chi connectivity index (χ3v) is 6.79. The van der Waals surface area contributed by atoms with Gasteiger partial charge in [-0.25, -0.2) is 13.4 Å². The van der Waals surface area contributed by atoms with Crippen molar-refractivity contribution in [3.05, 3.63) is 16.6 Å². The smallest absolute Gasteiger partial charge is 0.211 e. The lowest BCUT2D eigenvalue weighted by molar-refractivity contribution is 0.0336. The highest BCUT2D eigenvalue weighted by atomic mass is 32.2. The van der Waals surface area contributed by atoms with Crippen LogP contribution in [0.2, 0.25) is 0 Å². The van der Waals surface area contributed by atoms with E-state index >= 15 is 0 Å². The number of rotatable bonds is 3. The molecule has 0 bridgehead atoms. The van der Waals surface area contributed by atoms with Crippen LogP contribution in [0.3, 0.4) is 0 Å². The zero-order chi connectivity index (χ0) is 14.9. The van der Waals surface area contributed by atoms with E-state index in [-0.39, 0.29) is 5.54 Å². The molecular formula is C14H23N3O2S2. The van der Waals surface area contributed by atoms with Crippen molar-refractivity contribution in [2.24, 2.45) is 0 Å². The van der Waals surface area contributed by atoms with Crippen LogP contribution in [0.15, 0.2) is 11.6 Å². The number of hydrogen-bond acceptors (Lipinski definition) is 5. The second-order valence-corrected chi connectivity index (χ2v) is 9.14. The molecule has 2 saturated heterocycles. The van der Waals surface area contributed by atoms with Gasteiger partial charge in [-0.05, 0) is 32.2 Å². The van der Waals surface area contributed by atoms with Crippen molar-refractivity contribution in [3.8, 4) is 0 Å². The first-order chi connectivity index (χ1) is 10.00. The zero-order valence-electron chi connectivity index (χ0n) is 12.5. The molecule has 0 amide bonds. The quantitative estimate of drug-likeness (QED) is 0.850. The Bertz CT molecular complexity index is 569. The van der Waals surface area contributed by atoms with Crippen LogP contribution in [0.4, 0.5) is 0 Å². The molecule has 3 rings (SSSR count). The zero-order valence-corrected chi connectivity index (χ0v) is 14.1. The Kier molecular flexibility index (Phi) is 4.36. The first-order valence-electron chi connectivity index (χ1n) is 7.58. The monoisotopic (exact) mass is 329 g/mol. The highest BCUT2D eigenvalue weighted by molar-refractivity contribution is 7.88. The van der Waals surface area contributed by atoms with Crippen LogP contribution in [0, 0.1) is 0 Å². The number of nitrogens with zero attached hydrogens (tertiary/aromatic N) is 3. The molecule has 0 aliphatic carbocycles. The van der Waals surface area contributed by atoms with Gasteiger partial charge in [0, 0.05) is 30.2 Å². The second kappa shape index (κ2) is 5.95. The van der Waals surface area contributed by atoms with Crippen molar-refractivity contribution in [1.82, 2.24) is 14.2 Å². The number of thiazole rings is 1. The van der Waals surface area contributed by atoms with E-state index in [0.29, 0.717) is 6.54 Å². The third kappa shape index (κ3) is 3.31. The molecule has 0 N–H and O–H groups in total. The van der Waals surface area contributed by atoms with Crippen LogP contribution in [0.5, 0.6) is 0 Å². The third-order valence-electron chi connectivity index (χ3n) is 4.66. The van der Waals surface area contributed by atoms with E-state index in [1.807, 2.05) is 11.6 Å². The van der Waals surface area contributed by atoms with Crippen molar-refractivity contribution in [1.29, 1.82) is 0 Å². The SMILES string of the molecule is CS(=O)(=O)N1CCCCC12CCCN(Cc1nccs1)C2. The molecule has 1 unspecified atom stereocenters. The summed E-state index contributed by atoms with van der Waals surface area (Å²) in [6, 6.07) is 0. The number of piperidine rings is 2. The summed E-state index contributed by atoms with van der Waals surface area (Å²) in [5.41, 5.74) is -0.179. The van der Waals surface area contributed by atoms with Gasteiger partial charge in [0.1, 0.15) is 5.01 Å². The van der Waals surface area contributed by atoms with E-state index in [9.17, 15) is 8.42 Å². The van der Waals surface area contributed by atoms with Crippen molar-refractivity contribution >= 4 is 21.4 Å². The van der Waals surface area contributed by atoms with Gasteiger partial charge in [0.25, 0.3) is 0 Å². The predicted molar refractivity (Wildman–Crippen MR) is 84.8 cm³/mol. The number of likely N-dealkylation sites (tertiary alicyclic amines) is 1.